The van der Waals surface area contributed by atoms with Crippen LogP contribution >= 0.6 is 0 Å². The van der Waals surface area contributed by atoms with Crippen LogP contribution in [0.5, 0.6) is 11.6 Å². The molecule has 25 heavy (non-hydrogen) atoms. The summed E-state index contributed by atoms with van der Waals surface area (Å²) >= 11 is 0. The van der Waals surface area contributed by atoms with Gasteiger partial charge in [-0.1, -0.05) is 18.2 Å². The summed E-state index contributed by atoms with van der Waals surface area (Å²) in [7, 11) is 1.95. The highest BCUT2D eigenvalue weighted by atomic mass is 16.5. The summed E-state index contributed by atoms with van der Waals surface area (Å²) in [5, 5.41) is 4.26. The Morgan fingerprint density at radius 1 is 1.16 bits per heavy atom. The van der Waals surface area contributed by atoms with Crippen molar-refractivity contribution in [3.63, 3.8) is 0 Å². The van der Waals surface area contributed by atoms with Gasteiger partial charge in [0.25, 0.3) is 0 Å². The number of benzene rings is 1. The van der Waals surface area contributed by atoms with E-state index in [9.17, 15) is 0 Å². The van der Waals surface area contributed by atoms with Gasteiger partial charge in [0.15, 0.2) is 0 Å². The first-order valence-electron chi connectivity index (χ1n) is 8.54. The van der Waals surface area contributed by atoms with Crippen LogP contribution in [0.3, 0.4) is 0 Å². The number of hydrogen-bond donors (Lipinski definition) is 0. The maximum Gasteiger partial charge on any atom is 0.238 e. The van der Waals surface area contributed by atoms with Gasteiger partial charge in [-0.05, 0) is 31.5 Å². The zero-order chi connectivity index (χ0) is 17.1. The molecule has 2 aromatic heterocycles. The van der Waals surface area contributed by atoms with Crippen molar-refractivity contribution in [3.05, 3.63) is 66.4 Å². The molecule has 0 N–H and O–H groups in total. The summed E-state index contributed by atoms with van der Waals surface area (Å²) in [5.74, 6) is 1.31. The van der Waals surface area contributed by atoms with E-state index in [1.54, 1.807) is 6.20 Å². The molecule has 0 spiro atoms. The van der Waals surface area contributed by atoms with Gasteiger partial charge in [0.05, 0.1) is 30.3 Å². The maximum absolute atomic E-state index is 5.83. The standard InChI is InChI=1S/C19H21N5O/c1-23-13-15(10-21-23)14-24-9-5-8-18(24)17-11-20-12-19(22-17)25-16-6-3-2-4-7-16/h2-4,6-7,10-13,18H,5,8-9,14H2,1H3/t18-/m0/s1. The van der Waals surface area contributed by atoms with Gasteiger partial charge >= 0.3 is 0 Å². The molecule has 1 atom stereocenters. The summed E-state index contributed by atoms with van der Waals surface area (Å²) in [6.45, 7) is 1.94. The van der Waals surface area contributed by atoms with Gasteiger partial charge < -0.3 is 4.74 Å². The monoisotopic (exact) mass is 335 g/mol. The minimum atomic E-state index is 0.270. The molecular weight excluding hydrogens is 314 g/mol. The van der Waals surface area contributed by atoms with Crippen LogP contribution < -0.4 is 4.74 Å². The van der Waals surface area contributed by atoms with Crippen LogP contribution in [0.1, 0.15) is 30.1 Å². The van der Waals surface area contributed by atoms with Gasteiger partial charge in [0.1, 0.15) is 5.75 Å². The van der Waals surface area contributed by atoms with E-state index in [4.69, 9.17) is 9.72 Å². The molecule has 1 aliphatic rings. The third-order valence-electron chi connectivity index (χ3n) is 4.45. The van der Waals surface area contributed by atoms with E-state index in [1.165, 1.54) is 5.56 Å². The molecule has 0 radical (unpaired) electrons. The number of nitrogens with zero attached hydrogens (tertiary/aromatic N) is 5. The zero-order valence-electron chi connectivity index (χ0n) is 14.2. The highest BCUT2D eigenvalue weighted by Gasteiger charge is 2.28. The molecule has 128 valence electrons. The molecule has 3 heterocycles. The number of ether oxygens (including phenoxy) is 1. The summed E-state index contributed by atoms with van der Waals surface area (Å²) in [5.41, 5.74) is 2.19. The van der Waals surface area contributed by atoms with E-state index >= 15 is 0 Å². The van der Waals surface area contributed by atoms with E-state index in [1.807, 2.05) is 54.5 Å². The van der Waals surface area contributed by atoms with Crippen LogP contribution in [0.2, 0.25) is 0 Å². The van der Waals surface area contributed by atoms with E-state index in [-0.39, 0.29) is 6.04 Å². The Morgan fingerprint density at radius 3 is 2.84 bits per heavy atom. The zero-order valence-corrected chi connectivity index (χ0v) is 14.2. The smallest absolute Gasteiger partial charge is 0.238 e. The molecule has 0 aliphatic carbocycles. The second-order valence-corrected chi connectivity index (χ2v) is 6.35. The van der Waals surface area contributed by atoms with Crippen LogP contribution in [0, 0.1) is 0 Å². The number of likely N-dealkylation sites (tertiary alicyclic amines) is 1. The fraction of sp³-hybridized carbons (Fsp3) is 0.316. The lowest BCUT2D eigenvalue weighted by molar-refractivity contribution is 0.242. The van der Waals surface area contributed by atoms with Crippen molar-refractivity contribution in [2.75, 3.05) is 6.54 Å². The van der Waals surface area contributed by atoms with Crippen molar-refractivity contribution < 1.29 is 4.74 Å². The molecule has 4 rings (SSSR count). The van der Waals surface area contributed by atoms with Gasteiger partial charge in [-0.15, -0.1) is 0 Å². The van der Waals surface area contributed by atoms with E-state index < -0.39 is 0 Å². The van der Waals surface area contributed by atoms with Gasteiger partial charge in [-0.3, -0.25) is 14.6 Å². The summed E-state index contributed by atoms with van der Waals surface area (Å²) < 4.78 is 7.67. The highest BCUT2D eigenvalue weighted by Crippen LogP contribution is 2.32. The molecule has 0 bridgehead atoms. The highest BCUT2D eigenvalue weighted by molar-refractivity contribution is 5.26. The van der Waals surface area contributed by atoms with Crippen molar-refractivity contribution >= 4 is 0 Å². The van der Waals surface area contributed by atoms with Gasteiger partial charge in [0.2, 0.25) is 5.88 Å². The molecule has 6 heteroatoms. The Hall–Kier alpha value is -2.73. The van der Waals surface area contributed by atoms with Crippen LogP contribution in [0.15, 0.2) is 55.1 Å². The van der Waals surface area contributed by atoms with Crippen molar-refractivity contribution in [1.29, 1.82) is 0 Å². The van der Waals surface area contributed by atoms with Gasteiger partial charge in [-0.2, -0.15) is 5.10 Å². The third kappa shape index (κ3) is 3.69. The predicted octanol–water partition coefficient (Wildman–Crippen LogP) is 3.34. The largest absolute Gasteiger partial charge is 0.437 e. The van der Waals surface area contributed by atoms with E-state index in [0.29, 0.717) is 5.88 Å². The summed E-state index contributed by atoms with van der Waals surface area (Å²) in [6, 6.07) is 9.95. The second-order valence-electron chi connectivity index (χ2n) is 6.35. The van der Waals surface area contributed by atoms with E-state index in [0.717, 1.165) is 37.4 Å². The fourth-order valence-corrected chi connectivity index (χ4v) is 3.32. The van der Waals surface area contributed by atoms with Gasteiger partial charge in [-0.25, -0.2) is 4.98 Å². The minimum Gasteiger partial charge on any atom is -0.437 e. The molecule has 1 saturated heterocycles. The molecule has 3 aromatic rings. The average Bonchev–Trinajstić information content (AvgIpc) is 3.25. The molecule has 1 fully saturated rings. The van der Waals surface area contributed by atoms with Crippen LogP contribution in [0.25, 0.3) is 0 Å². The first-order valence-corrected chi connectivity index (χ1v) is 8.54. The fourth-order valence-electron chi connectivity index (χ4n) is 3.32. The number of aromatic nitrogens is 4. The molecule has 0 unspecified atom stereocenters. The quantitative estimate of drug-likeness (QED) is 0.716. The number of hydrogen-bond acceptors (Lipinski definition) is 5. The molecule has 0 saturated carbocycles. The maximum atomic E-state index is 5.83. The Balaban J connectivity index is 1.51. The minimum absolute atomic E-state index is 0.270. The molecule has 0 amide bonds. The van der Waals surface area contributed by atoms with Crippen molar-refractivity contribution in [1.82, 2.24) is 24.6 Å². The average molecular weight is 335 g/mol. The van der Waals surface area contributed by atoms with Crippen LogP contribution in [-0.2, 0) is 13.6 Å². The lowest BCUT2D eigenvalue weighted by Crippen LogP contribution is -2.23. The Labute approximate surface area is 147 Å². The number of aryl methyl sites for hydroxylation is 1. The second kappa shape index (κ2) is 7.03. The Bertz CT molecular complexity index is 833. The Morgan fingerprint density at radius 2 is 2.04 bits per heavy atom. The van der Waals surface area contributed by atoms with Crippen LogP contribution in [0.4, 0.5) is 0 Å². The molecule has 1 aromatic carbocycles. The molecule has 6 nitrogen and oxygen atoms in total. The molecular formula is C19H21N5O. The lowest BCUT2D eigenvalue weighted by Gasteiger charge is -2.23. The Kier molecular flexibility index (Phi) is 4.43. The molecule has 1 aliphatic heterocycles. The third-order valence-corrected chi connectivity index (χ3v) is 4.45. The summed E-state index contributed by atoms with van der Waals surface area (Å²) in [4.78, 5) is 11.5. The van der Waals surface area contributed by atoms with Gasteiger partial charge in [0, 0.05) is 25.4 Å². The number of rotatable bonds is 5. The van der Waals surface area contributed by atoms with Crippen molar-refractivity contribution in [2.45, 2.75) is 25.4 Å². The topological polar surface area (TPSA) is 56.1 Å². The first-order chi connectivity index (χ1) is 12.3. The summed E-state index contributed by atoms with van der Waals surface area (Å²) in [6.07, 6.45) is 9.76. The number of para-hydroxylation sites is 1. The first kappa shape index (κ1) is 15.8. The predicted molar refractivity (Wildman–Crippen MR) is 94.1 cm³/mol. The van der Waals surface area contributed by atoms with Crippen LogP contribution in [-0.4, -0.2) is 31.2 Å². The normalized spacial score (nSPS) is 17.7. The van der Waals surface area contributed by atoms with Crippen molar-refractivity contribution in [3.8, 4) is 11.6 Å². The van der Waals surface area contributed by atoms with E-state index in [2.05, 4.69) is 21.2 Å². The SMILES string of the molecule is Cn1cc(CN2CCC[C@H]2c2cncc(Oc3ccccc3)n2)cn1. The lowest BCUT2D eigenvalue weighted by atomic mass is 10.1. The van der Waals surface area contributed by atoms with Crippen molar-refractivity contribution in [2.24, 2.45) is 7.05 Å².